The first-order valence-corrected chi connectivity index (χ1v) is 9.38. The van der Waals surface area contributed by atoms with Crippen molar-refractivity contribution in [3.05, 3.63) is 88.9 Å². The van der Waals surface area contributed by atoms with Crippen molar-refractivity contribution >= 4 is 16.9 Å². The summed E-state index contributed by atoms with van der Waals surface area (Å²) in [6, 6.07) is 19.8. The summed E-state index contributed by atoms with van der Waals surface area (Å²) in [6.07, 6.45) is 1.54. The summed E-state index contributed by atoms with van der Waals surface area (Å²) in [4.78, 5) is 8.88. The lowest BCUT2D eigenvalue weighted by molar-refractivity contribution is 0.790. The third-order valence-corrected chi connectivity index (χ3v) is 5.07. The molecular weight excluding hydrogens is 360 g/mol. The Morgan fingerprint density at radius 1 is 0.966 bits per heavy atom. The summed E-state index contributed by atoms with van der Waals surface area (Å²) in [5, 5.41) is 18.5. The molecule has 2 aromatic carbocycles. The second-order valence-electron chi connectivity index (χ2n) is 6.89. The molecule has 0 aliphatic rings. The van der Waals surface area contributed by atoms with Gasteiger partial charge in [-0.25, -0.2) is 9.97 Å². The van der Waals surface area contributed by atoms with Gasteiger partial charge in [0.05, 0.1) is 23.6 Å². The van der Waals surface area contributed by atoms with E-state index in [1.807, 2.05) is 30.3 Å². The third-order valence-electron chi connectivity index (χ3n) is 5.07. The lowest BCUT2D eigenvalue weighted by atomic mass is 10.1. The minimum Gasteiger partial charge on any atom is -0.325 e. The molecule has 6 nitrogen and oxygen atoms in total. The van der Waals surface area contributed by atoms with Gasteiger partial charge in [0.1, 0.15) is 12.0 Å². The van der Waals surface area contributed by atoms with Gasteiger partial charge in [0, 0.05) is 12.2 Å². The van der Waals surface area contributed by atoms with Crippen LogP contribution >= 0.6 is 0 Å². The maximum atomic E-state index is 8.89. The Morgan fingerprint density at radius 3 is 2.45 bits per heavy atom. The number of nitriles is 1. The number of fused-ring (bicyclic) bond motifs is 1. The van der Waals surface area contributed by atoms with Gasteiger partial charge >= 0.3 is 0 Å². The molecule has 142 valence electrons. The fraction of sp³-hybridized carbons (Fsp3) is 0.174. The number of hydrogen-bond donors (Lipinski definition) is 0. The quantitative estimate of drug-likeness (QED) is 0.443. The van der Waals surface area contributed by atoms with E-state index >= 15 is 0 Å². The fourth-order valence-corrected chi connectivity index (χ4v) is 3.35. The average Bonchev–Trinajstić information content (AvgIpc) is 3.00. The minimum atomic E-state index is 0.431. The van der Waals surface area contributed by atoms with Crippen LogP contribution in [0.15, 0.2) is 71.2 Å². The summed E-state index contributed by atoms with van der Waals surface area (Å²) >= 11 is 0. The van der Waals surface area contributed by atoms with Crippen LogP contribution in [0.1, 0.15) is 27.9 Å². The monoisotopic (exact) mass is 380 g/mol. The van der Waals surface area contributed by atoms with Gasteiger partial charge in [-0.2, -0.15) is 10.4 Å². The number of azo groups is 1. The highest BCUT2D eigenvalue weighted by Gasteiger charge is 2.16. The highest BCUT2D eigenvalue weighted by atomic mass is 15.2. The predicted octanol–water partition coefficient (Wildman–Crippen LogP) is 5.25. The van der Waals surface area contributed by atoms with Gasteiger partial charge in [-0.1, -0.05) is 42.5 Å². The molecule has 0 amide bonds. The predicted molar refractivity (Wildman–Crippen MR) is 112 cm³/mol. The van der Waals surface area contributed by atoms with Crippen molar-refractivity contribution in [3.8, 4) is 6.07 Å². The van der Waals surface area contributed by atoms with Crippen LogP contribution in [0.4, 0.5) is 5.82 Å². The molecule has 0 spiro atoms. The number of nitrogens with zero attached hydrogens (tertiary/aromatic N) is 6. The Labute approximate surface area is 169 Å². The molecule has 0 unspecified atom stereocenters. The van der Waals surface area contributed by atoms with Gasteiger partial charge in [0.2, 0.25) is 0 Å². The first-order chi connectivity index (χ1) is 14.2. The van der Waals surface area contributed by atoms with E-state index in [0.29, 0.717) is 17.9 Å². The molecule has 4 aromatic rings. The zero-order valence-corrected chi connectivity index (χ0v) is 16.4. The number of hydrogen-bond acceptors (Lipinski definition) is 5. The van der Waals surface area contributed by atoms with Crippen molar-refractivity contribution in [1.29, 1.82) is 5.26 Å². The van der Waals surface area contributed by atoms with Gasteiger partial charge in [-0.05, 0) is 42.7 Å². The second-order valence-corrected chi connectivity index (χ2v) is 6.89. The number of aryl methyl sites for hydroxylation is 1. The maximum absolute atomic E-state index is 8.89. The SMILES string of the molecule is Cc1c(C)n(Cc2ccccc2)c2ncnc(N=NCc3ccc(C#N)cc3)c12. The second kappa shape index (κ2) is 8.03. The molecule has 0 N–H and O–H groups in total. The first kappa shape index (κ1) is 18.5. The summed E-state index contributed by atoms with van der Waals surface area (Å²) in [5.41, 5.74) is 5.97. The van der Waals surface area contributed by atoms with E-state index in [0.717, 1.165) is 34.4 Å². The molecule has 0 radical (unpaired) electrons. The molecule has 0 aliphatic heterocycles. The van der Waals surface area contributed by atoms with E-state index in [9.17, 15) is 0 Å². The van der Waals surface area contributed by atoms with E-state index in [4.69, 9.17) is 5.26 Å². The van der Waals surface area contributed by atoms with Gasteiger partial charge < -0.3 is 4.57 Å². The fourth-order valence-electron chi connectivity index (χ4n) is 3.35. The molecule has 0 fully saturated rings. The van der Waals surface area contributed by atoms with Gasteiger partial charge in [-0.15, -0.1) is 5.11 Å². The van der Waals surface area contributed by atoms with Crippen LogP contribution in [0, 0.1) is 25.2 Å². The van der Waals surface area contributed by atoms with E-state index in [-0.39, 0.29) is 0 Å². The molecule has 0 saturated carbocycles. The molecule has 29 heavy (non-hydrogen) atoms. The minimum absolute atomic E-state index is 0.431. The molecule has 4 rings (SSSR count). The van der Waals surface area contributed by atoms with Crippen molar-refractivity contribution in [1.82, 2.24) is 14.5 Å². The summed E-state index contributed by atoms with van der Waals surface area (Å²) < 4.78 is 2.20. The van der Waals surface area contributed by atoms with E-state index in [1.54, 1.807) is 18.5 Å². The zero-order chi connectivity index (χ0) is 20.2. The van der Waals surface area contributed by atoms with Crippen molar-refractivity contribution < 1.29 is 0 Å². The molecular formula is C23H20N6. The van der Waals surface area contributed by atoms with Crippen LogP contribution < -0.4 is 0 Å². The Balaban J connectivity index is 1.65. The van der Waals surface area contributed by atoms with Crippen LogP contribution in [-0.2, 0) is 13.1 Å². The van der Waals surface area contributed by atoms with Gasteiger partial charge in [0.25, 0.3) is 0 Å². The van der Waals surface area contributed by atoms with Crippen LogP contribution in [0.3, 0.4) is 0 Å². The highest BCUT2D eigenvalue weighted by Crippen LogP contribution is 2.31. The molecule has 6 heteroatoms. The smallest absolute Gasteiger partial charge is 0.186 e. The summed E-state index contributed by atoms with van der Waals surface area (Å²) in [7, 11) is 0. The van der Waals surface area contributed by atoms with Crippen LogP contribution in [-0.4, -0.2) is 14.5 Å². The molecule has 0 aliphatic carbocycles. The Morgan fingerprint density at radius 2 is 1.72 bits per heavy atom. The first-order valence-electron chi connectivity index (χ1n) is 9.38. The largest absolute Gasteiger partial charge is 0.325 e. The zero-order valence-electron chi connectivity index (χ0n) is 16.4. The number of aromatic nitrogens is 3. The van der Waals surface area contributed by atoms with E-state index in [1.165, 1.54) is 5.56 Å². The van der Waals surface area contributed by atoms with Gasteiger partial charge in [-0.3, -0.25) is 0 Å². The number of rotatable bonds is 5. The van der Waals surface area contributed by atoms with Crippen LogP contribution in [0.2, 0.25) is 0 Å². The molecule has 0 atom stereocenters. The normalized spacial score (nSPS) is 11.2. The molecule has 2 heterocycles. The molecule has 0 bridgehead atoms. The lowest BCUT2D eigenvalue weighted by Crippen LogP contribution is -2.02. The summed E-state index contributed by atoms with van der Waals surface area (Å²) in [5.74, 6) is 0.580. The van der Waals surface area contributed by atoms with E-state index < -0.39 is 0 Å². The Hall–Kier alpha value is -3.85. The topological polar surface area (TPSA) is 79.2 Å². The Kier molecular flexibility index (Phi) is 5.12. The third kappa shape index (κ3) is 3.76. The van der Waals surface area contributed by atoms with E-state index in [2.05, 4.69) is 56.8 Å². The highest BCUT2D eigenvalue weighted by molar-refractivity contribution is 5.90. The average molecular weight is 380 g/mol. The lowest BCUT2D eigenvalue weighted by Gasteiger charge is -2.07. The van der Waals surface area contributed by atoms with Crippen molar-refractivity contribution in [3.63, 3.8) is 0 Å². The standard InChI is InChI=1S/C23H20N6/c1-16-17(2)29(14-20-6-4-3-5-7-20)23-21(16)22(25-15-26-23)28-27-13-19-10-8-18(12-24)9-11-19/h3-11,15H,13-14H2,1-2H3. The van der Waals surface area contributed by atoms with Gasteiger partial charge in [0.15, 0.2) is 5.82 Å². The summed E-state index contributed by atoms with van der Waals surface area (Å²) in [6.45, 7) is 5.34. The number of benzene rings is 2. The van der Waals surface area contributed by atoms with Crippen molar-refractivity contribution in [2.75, 3.05) is 0 Å². The van der Waals surface area contributed by atoms with Crippen molar-refractivity contribution in [2.24, 2.45) is 10.2 Å². The van der Waals surface area contributed by atoms with Crippen LogP contribution in [0.25, 0.3) is 11.0 Å². The van der Waals surface area contributed by atoms with Crippen LogP contribution in [0.5, 0.6) is 0 Å². The molecule has 0 saturated heterocycles. The molecule has 2 aromatic heterocycles. The Bertz CT molecular complexity index is 1210. The van der Waals surface area contributed by atoms with Crippen molar-refractivity contribution in [2.45, 2.75) is 26.9 Å². The maximum Gasteiger partial charge on any atom is 0.186 e.